The van der Waals surface area contributed by atoms with Crippen molar-refractivity contribution < 1.29 is 14.3 Å². The zero-order chi connectivity index (χ0) is 17.1. The number of thioether (sulfide) groups is 1. The molecule has 0 radical (unpaired) electrons. The van der Waals surface area contributed by atoms with Crippen LogP contribution in [-0.2, 0) is 5.41 Å². The van der Waals surface area contributed by atoms with Crippen molar-refractivity contribution >= 4 is 17.8 Å². The molecule has 0 unspecified atom stereocenters. The molecule has 136 valence electrons. The van der Waals surface area contributed by atoms with E-state index >= 15 is 0 Å². The van der Waals surface area contributed by atoms with Crippen LogP contribution in [0.2, 0.25) is 0 Å². The smallest absolute Gasteiger partial charge is 0.317 e. The van der Waals surface area contributed by atoms with Gasteiger partial charge >= 0.3 is 6.03 Å². The van der Waals surface area contributed by atoms with Crippen LogP contribution in [0.5, 0.6) is 11.5 Å². The SMILES string of the molecule is O=C(NCC1(c2ccc3c(c2)OCCO3)CCCC1)N1CCSCC1. The second-order valence-electron chi connectivity index (χ2n) is 7.10. The lowest BCUT2D eigenvalue weighted by Crippen LogP contribution is -2.48. The highest BCUT2D eigenvalue weighted by molar-refractivity contribution is 7.99. The van der Waals surface area contributed by atoms with E-state index in [0.717, 1.165) is 48.9 Å². The maximum absolute atomic E-state index is 12.5. The molecule has 2 heterocycles. The van der Waals surface area contributed by atoms with Crippen molar-refractivity contribution in [3.63, 3.8) is 0 Å². The molecular formula is C19H26N2O3S. The Morgan fingerprint density at radius 2 is 1.84 bits per heavy atom. The number of ether oxygens (including phenoxy) is 2. The molecule has 0 spiro atoms. The Morgan fingerprint density at radius 3 is 2.60 bits per heavy atom. The van der Waals surface area contributed by atoms with Crippen molar-refractivity contribution in [2.24, 2.45) is 0 Å². The predicted molar refractivity (Wildman–Crippen MR) is 99.9 cm³/mol. The molecular weight excluding hydrogens is 336 g/mol. The molecule has 2 fully saturated rings. The molecule has 1 N–H and O–H groups in total. The summed E-state index contributed by atoms with van der Waals surface area (Å²) in [5.41, 5.74) is 1.29. The highest BCUT2D eigenvalue weighted by atomic mass is 32.2. The zero-order valence-electron chi connectivity index (χ0n) is 14.6. The minimum absolute atomic E-state index is 0.0238. The van der Waals surface area contributed by atoms with Crippen molar-refractivity contribution in [3.8, 4) is 11.5 Å². The van der Waals surface area contributed by atoms with Gasteiger partial charge in [0.2, 0.25) is 0 Å². The number of hydrogen-bond donors (Lipinski definition) is 1. The summed E-state index contributed by atoms with van der Waals surface area (Å²) in [6.07, 6.45) is 4.65. The van der Waals surface area contributed by atoms with Crippen molar-refractivity contribution in [3.05, 3.63) is 23.8 Å². The number of carbonyl (C=O) groups is 1. The van der Waals surface area contributed by atoms with Crippen LogP contribution < -0.4 is 14.8 Å². The number of carbonyl (C=O) groups excluding carboxylic acids is 1. The summed E-state index contributed by atoms with van der Waals surface area (Å²) in [6.45, 7) is 3.63. The summed E-state index contributed by atoms with van der Waals surface area (Å²) in [5, 5.41) is 3.22. The molecule has 0 bridgehead atoms. The lowest BCUT2D eigenvalue weighted by Gasteiger charge is -2.33. The highest BCUT2D eigenvalue weighted by Crippen LogP contribution is 2.43. The van der Waals surface area contributed by atoms with Crippen molar-refractivity contribution in [1.82, 2.24) is 10.2 Å². The predicted octanol–water partition coefficient (Wildman–Crippen LogP) is 3.03. The number of nitrogens with one attached hydrogen (secondary N) is 1. The van der Waals surface area contributed by atoms with Crippen LogP contribution in [0, 0.1) is 0 Å². The first-order valence-electron chi connectivity index (χ1n) is 9.28. The number of nitrogens with zero attached hydrogens (tertiary/aromatic N) is 1. The Bertz CT molecular complexity index is 625. The average Bonchev–Trinajstić information content (AvgIpc) is 3.16. The summed E-state index contributed by atoms with van der Waals surface area (Å²) >= 11 is 1.92. The molecule has 4 rings (SSSR count). The number of amides is 2. The molecule has 2 aliphatic heterocycles. The van der Waals surface area contributed by atoms with Gasteiger partial charge in [0.15, 0.2) is 11.5 Å². The molecule has 1 aromatic carbocycles. The van der Waals surface area contributed by atoms with E-state index in [9.17, 15) is 4.79 Å². The molecule has 0 aromatic heterocycles. The van der Waals surface area contributed by atoms with Crippen LogP contribution in [0.3, 0.4) is 0 Å². The van der Waals surface area contributed by atoms with Gasteiger partial charge in [-0.2, -0.15) is 11.8 Å². The molecule has 1 aliphatic carbocycles. The van der Waals surface area contributed by atoms with Gasteiger partial charge in [0.1, 0.15) is 13.2 Å². The van der Waals surface area contributed by atoms with Gasteiger partial charge in [0.25, 0.3) is 0 Å². The molecule has 1 saturated heterocycles. The third kappa shape index (κ3) is 3.54. The molecule has 25 heavy (non-hydrogen) atoms. The summed E-state index contributed by atoms with van der Waals surface area (Å²) < 4.78 is 11.4. The number of urea groups is 1. The minimum atomic E-state index is 0.0238. The van der Waals surface area contributed by atoms with Gasteiger partial charge < -0.3 is 19.7 Å². The van der Waals surface area contributed by atoms with Gasteiger partial charge in [0, 0.05) is 36.6 Å². The van der Waals surface area contributed by atoms with Crippen LogP contribution in [0.4, 0.5) is 4.79 Å². The summed E-state index contributed by atoms with van der Waals surface area (Å²) in [5.74, 6) is 3.76. The van der Waals surface area contributed by atoms with Gasteiger partial charge in [-0.1, -0.05) is 18.9 Å². The lowest BCUT2D eigenvalue weighted by molar-refractivity contribution is 0.171. The first kappa shape index (κ1) is 16.9. The molecule has 6 heteroatoms. The van der Waals surface area contributed by atoms with Crippen molar-refractivity contribution in [2.75, 3.05) is 44.4 Å². The maximum atomic E-state index is 12.5. The van der Waals surface area contributed by atoms with E-state index in [1.54, 1.807) is 0 Å². The van der Waals surface area contributed by atoms with Gasteiger partial charge in [0.05, 0.1) is 0 Å². The van der Waals surface area contributed by atoms with Gasteiger partial charge in [-0.15, -0.1) is 0 Å². The molecule has 3 aliphatic rings. The van der Waals surface area contributed by atoms with E-state index < -0.39 is 0 Å². The number of hydrogen-bond acceptors (Lipinski definition) is 4. The quantitative estimate of drug-likeness (QED) is 0.898. The Hall–Kier alpha value is -1.56. The topological polar surface area (TPSA) is 50.8 Å². The number of rotatable bonds is 3. The van der Waals surface area contributed by atoms with E-state index in [1.165, 1.54) is 18.4 Å². The van der Waals surface area contributed by atoms with Gasteiger partial charge in [-0.05, 0) is 30.5 Å². The van der Waals surface area contributed by atoms with E-state index in [2.05, 4.69) is 17.4 Å². The molecule has 1 saturated carbocycles. The zero-order valence-corrected chi connectivity index (χ0v) is 15.4. The standard InChI is InChI=1S/C19H26N2O3S/c22-18(21-7-11-25-12-8-21)20-14-19(5-1-2-6-19)15-3-4-16-17(13-15)24-10-9-23-16/h3-4,13H,1-2,5-12,14H2,(H,20,22). The normalized spacial score (nSPS) is 21.8. The number of fused-ring (bicyclic) bond motifs is 1. The Labute approximate surface area is 153 Å². The van der Waals surface area contributed by atoms with E-state index in [-0.39, 0.29) is 11.4 Å². The second-order valence-corrected chi connectivity index (χ2v) is 8.33. The highest BCUT2D eigenvalue weighted by Gasteiger charge is 2.37. The number of benzene rings is 1. The fourth-order valence-electron chi connectivity index (χ4n) is 4.12. The van der Waals surface area contributed by atoms with E-state index in [0.29, 0.717) is 19.8 Å². The first-order valence-corrected chi connectivity index (χ1v) is 10.4. The van der Waals surface area contributed by atoms with Gasteiger partial charge in [-0.25, -0.2) is 4.79 Å². The Kier molecular flexibility index (Phi) is 4.97. The van der Waals surface area contributed by atoms with Gasteiger partial charge in [-0.3, -0.25) is 0 Å². The van der Waals surface area contributed by atoms with Crippen LogP contribution in [-0.4, -0.2) is 55.3 Å². The third-order valence-corrected chi connectivity index (χ3v) is 6.53. The molecule has 2 amide bonds. The van der Waals surface area contributed by atoms with Crippen LogP contribution >= 0.6 is 11.8 Å². The largest absolute Gasteiger partial charge is 0.486 e. The average molecular weight is 362 g/mol. The van der Waals surface area contributed by atoms with Crippen LogP contribution in [0.15, 0.2) is 18.2 Å². The van der Waals surface area contributed by atoms with E-state index in [4.69, 9.17) is 9.47 Å². The Balaban J connectivity index is 1.48. The maximum Gasteiger partial charge on any atom is 0.317 e. The van der Waals surface area contributed by atoms with Crippen LogP contribution in [0.1, 0.15) is 31.2 Å². The second kappa shape index (κ2) is 7.36. The fraction of sp³-hybridized carbons (Fsp3) is 0.632. The van der Waals surface area contributed by atoms with Crippen molar-refractivity contribution in [2.45, 2.75) is 31.1 Å². The third-order valence-electron chi connectivity index (χ3n) is 5.59. The van der Waals surface area contributed by atoms with Crippen LogP contribution in [0.25, 0.3) is 0 Å². The summed E-state index contributed by atoms with van der Waals surface area (Å²) in [7, 11) is 0. The monoisotopic (exact) mass is 362 g/mol. The summed E-state index contributed by atoms with van der Waals surface area (Å²) in [4.78, 5) is 14.5. The molecule has 1 aromatic rings. The minimum Gasteiger partial charge on any atom is -0.486 e. The lowest BCUT2D eigenvalue weighted by atomic mass is 9.78. The Morgan fingerprint density at radius 1 is 1.12 bits per heavy atom. The molecule has 0 atom stereocenters. The molecule has 5 nitrogen and oxygen atoms in total. The fourth-order valence-corrected chi connectivity index (χ4v) is 5.02. The van der Waals surface area contributed by atoms with Crippen molar-refractivity contribution in [1.29, 1.82) is 0 Å². The van der Waals surface area contributed by atoms with E-state index in [1.807, 2.05) is 22.7 Å². The first-order chi connectivity index (χ1) is 12.3. The summed E-state index contributed by atoms with van der Waals surface area (Å²) in [6, 6.07) is 6.39.